The molecule has 3 nitrogen and oxygen atoms in total. The number of benzene rings is 1. The number of rotatable bonds is 4. The Morgan fingerprint density at radius 1 is 1.35 bits per heavy atom. The monoisotopic (exact) mass is 292 g/mol. The van der Waals surface area contributed by atoms with Crippen molar-refractivity contribution in [3.63, 3.8) is 0 Å². The van der Waals surface area contributed by atoms with Crippen LogP contribution in [0.4, 0.5) is 5.69 Å². The largest absolute Gasteiger partial charge is 0.381 e. The Labute approximate surface area is 125 Å². The molecule has 0 aromatic heterocycles. The van der Waals surface area contributed by atoms with Gasteiger partial charge in [-0.1, -0.05) is 26.0 Å². The van der Waals surface area contributed by atoms with Gasteiger partial charge in [-0.25, -0.2) is 0 Å². The van der Waals surface area contributed by atoms with Crippen LogP contribution in [0.5, 0.6) is 0 Å². The predicted molar refractivity (Wildman–Crippen MR) is 87.3 cm³/mol. The first kappa shape index (κ1) is 15.2. The van der Waals surface area contributed by atoms with E-state index in [1.54, 1.807) is 7.05 Å². The Hall–Kier alpha value is -1.16. The van der Waals surface area contributed by atoms with Crippen LogP contribution in [0.15, 0.2) is 24.3 Å². The van der Waals surface area contributed by atoms with Crippen LogP contribution in [-0.2, 0) is 11.2 Å². The van der Waals surface area contributed by atoms with E-state index in [2.05, 4.69) is 36.6 Å². The minimum Gasteiger partial charge on any atom is -0.381 e. The molecule has 1 aliphatic rings. The van der Waals surface area contributed by atoms with Crippen molar-refractivity contribution in [3.8, 4) is 0 Å². The summed E-state index contributed by atoms with van der Waals surface area (Å²) in [4.78, 5) is 11.3. The van der Waals surface area contributed by atoms with E-state index in [1.807, 2.05) is 23.9 Å². The molecule has 4 heteroatoms. The van der Waals surface area contributed by atoms with E-state index in [0.717, 1.165) is 11.3 Å². The van der Waals surface area contributed by atoms with Crippen LogP contribution in [-0.4, -0.2) is 30.5 Å². The van der Waals surface area contributed by atoms with Gasteiger partial charge in [0, 0.05) is 24.5 Å². The first-order valence-electron chi connectivity index (χ1n) is 7.12. The fraction of sp³-hybridized carbons (Fsp3) is 0.562. The third kappa shape index (κ3) is 4.44. The van der Waals surface area contributed by atoms with Gasteiger partial charge >= 0.3 is 0 Å². The van der Waals surface area contributed by atoms with E-state index in [9.17, 15) is 4.79 Å². The molecule has 1 fully saturated rings. The molecule has 1 unspecified atom stereocenters. The number of anilines is 1. The highest BCUT2D eigenvalue weighted by atomic mass is 32.2. The zero-order valence-electron chi connectivity index (χ0n) is 12.5. The number of carbonyl (C=O) groups is 1. The number of nitrogens with one attached hydrogen (secondary N) is 2. The average molecular weight is 292 g/mol. The first-order chi connectivity index (χ1) is 9.48. The Morgan fingerprint density at radius 2 is 2.05 bits per heavy atom. The highest BCUT2D eigenvalue weighted by Gasteiger charge is 2.28. The van der Waals surface area contributed by atoms with Gasteiger partial charge in [0.1, 0.15) is 0 Å². The maximum Gasteiger partial charge on any atom is 0.224 e. The Balaban J connectivity index is 1.92. The van der Waals surface area contributed by atoms with E-state index in [0.29, 0.717) is 17.9 Å². The summed E-state index contributed by atoms with van der Waals surface area (Å²) in [5, 5.41) is 6.26. The van der Waals surface area contributed by atoms with E-state index in [4.69, 9.17) is 0 Å². The van der Waals surface area contributed by atoms with Gasteiger partial charge in [-0.2, -0.15) is 11.8 Å². The summed E-state index contributed by atoms with van der Waals surface area (Å²) in [6.45, 7) is 4.67. The van der Waals surface area contributed by atoms with Crippen LogP contribution in [0.3, 0.4) is 0 Å². The summed E-state index contributed by atoms with van der Waals surface area (Å²) in [6.07, 6.45) is 1.66. The van der Waals surface area contributed by atoms with Crippen LogP contribution in [0.1, 0.15) is 25.8 Å². The zero-order valence-corrected chi connectivity index (χ0v) is 13.3. The molecule has 2 N–H and O–H groups in total. The molecule has 0 spiro atoms. The third-order valence-electron chi connectivity index (χ3n) is 3.58. The summed E-state index contributed by atoms with van der Waals surface area (Å²) >= 11 is 2.03. The van der Waals surface area contributed by atoms with Gasteiger partial charge < -0.3 is 10.6 Å². The van der Waals surface area contributed by atoms with Crippen molar-refractivity contribution in [2.75, 3.05) is 23.9 Å². The first-order valence-corrected chi connectivity index (χ1v) is 8.28. The van der Waals surface area contributed by atoms with Gasteiger partial charge in [0.2, 0.25) is 5.91 Å². The van der Waals surface area contributed by atoms with E-state index in [-0.39, 0.29) is 5.91 Å². The minimum atomic E-state index is 0.0520. The van der Waals surface area contributed by atoms with E-state index >= 15 is 0 Å². The van der Waals surface area contributed by atoms with Gasteiger partial charge in [0.25, 0.3) is 0 Å². The molecule has 110 valence electrons. The maximum absolute atomic E-state index is 11.3. The maximum atomic E-state index is 11.3. The van der Waals surface area contributed by atoms with Crippen molar-refractivity contribution >= 4 is 23.4 Å². The van der Waals surface area contributed by atoms with Crippen LogP contribution in [0.25, 0.3) is 0 Å². The molecule has 1 atom stereocenters. The molecule has 0 saturated carbocycles. The molecule has 0 aliphatic carbocycles. The number of hydrogen-bond donors (Lipinski definition) is 2. The minimum absolute atomic E-state index is 0.0520. The SMILES string of the molecule is CNC(=O)Cc1ccc(NC2CSCC(C)(C)C2)cc1. The van der Waals surface area contributed by atoms with Gasteiger partial charge in [-0.3, -0.25) is 4.79 Å². The van der Waals surface area contributed by atoms with Gasteiger partial charge in [-0.15, -0.1) is 0 Å². The third-order valence-corrected chi connectivity index (χ3v) is 5.20. The van der Waals surface area contributed by atoms with E-state index in [1.165, 1.54) is 17.9 Å². The molecular formula is C16H24N2OS. The summed E-state index contributed by atoms with van der Waals surface area (Å²) in [6, 6.07) is 8.74. The molecular weight excluding hydrogens is 268 g/mol. The quantitative estimate of drug-likeness (QED) is 0.896. The molecule has 1 heterocycles. The van der Waals surface area contributed by atoms with Crippen LogP contribution in [0.2, 0.25) is 0 Å². The molecule has 1 aliphatic heterocycles. The van der Waals surface area contributed by atoms with Gasteiger partial charge in [-0.05, 0) is 35.3 Å². The second kappa shape index (κ2) is 6.53. The highest BCUT2D eigenvalue weighted by Crippen LogP contribution is 2.34. The lowest BCUT2D eigenvalue weighted by Crippen LogP contribution is -2.35. The van der Waals surface area contributed by atoms with Crippen molar-refractivity contribution in [2.45, 2.75) is 32.7 Å². The normalized spacial score (nSPS) is 21.2. The lowest BCUT2D eigenvalue weighted by atomic mass is 9.88. The van der Waals surface area contributed by atoms with Crippen molar-refractivity contribution in [1.29, 1.82) is 0 Å². The second-order valence-corrected chi connectivity index (χ2v) is 7.30. The number of amides is 1. The molecule has 0 bridgehead atoms. The van der Waals surface area contributed by atoms with Crippen molar-refractivity contribution in [1.82, 2.24) is 5.32 Å². The fourth-order valence-corrected chi connectivity index (χ4v) is 3.86. The van der Waals surface area contributed by atoms with Crippen molar-refractivity contribution < 1.29 is 4.79 Å². The number of thioether (sulfide) groups is 1. The fourth-order valence-electron chi connectivity index (χ4n) is 2.58. The molecule has 1 aromatic carbocycles. The molecule has 1 amide bonds. The van der Waals surface area contributed by atoms with Crippen LogP contribution < -0.4 is 10.6 Å². The molecule has 1 saturated heterocycles. The van der Waals surface area contributed by atoms with Crippen LogP contribution >= 0.6 is 11.8 Å². The Kier molecular flexibility index (Phi) is 4.97. The lowest BCUT2D eigenvalue weighted by molar-refractivity contribution is -0.119. The standard InChI is InChI=1S/C16H24N2OS/c1-16(2)9-14(10-20-11-16)18-13-6-4-12(5-7-13)8-15(19)17-3/h4-7,14,18H,8-11H2,1-3H3,(H,17,19). The Bertz CT molecular complexity index is 456. The number of hydrogen-bond acceptors (Lipinski definition) is 3. The Morgan fingerprint density at radius 3 is 2.65 bits per heavy atom. The average Bonchev–Trinajstić information content (AvgIpc) is 2.40. The summed E-state index contributed by atoms with van der Waals surface area (Å²) in [5.41, 5.74) is 2.61. The lowest BCUT2D eigenvalue weighted by Gasteiger charge is -2.35. The van der Waals surface area contributed by atoms with E-state index < -0.39 is 0 Å². The van der Waals surface area contributed by atoms with Gasteiger partial charge in [0.15, 0.2) is 0 Å². The molecule has 0 radical (unpaired) electrons. The summed E-state index contributed by atoms with van der Waals surface area (Å²) < 4.78 is 0. The number of likely N-dealkylation sites (N-methyl/N-ethyl adjacent to an activating group) is 1. The summed E-state index contributed by atoms with van der Waals surface area (Å²) in [7, 11) is 1.67. The van der Waals surface area contributed by atoms with Crippen LogP contribution in [0, 0.1) is 5.41 Å². The second-order valence-electron chi connectivity index (χ2n) is 6.27. The topological polar surface area (TPSA) is 41.1 Å². The van der Waals surface area contributed by atoms with Crippen molar-refractivity contribution in [3.05, 3.63) is 29.8 Å². The van der Waals surface area contributed by atoms with Crippen molar-refractivity contribution in [2.24, 2.45) is 5.41 Å². The predicted octanol–water partition coefficient (Wildman–Crippen LogP) is 2.92. The summed E-state index contributed by atoms with van der Waals surface area (Å²) in [5.74, 6) is 2.47. The zero-order chi connectivity index (χ0) is 14.6. The molecule has 20 heavy (non-hydrogen) atoms. The smallest absolute Gasteiger partial charge is 0.224 e. The number of carbonyl (C=O) groups excluding carboxylic acids is 1. The van der Waals surface area contributed by atoms with Gasteiger partial charge in [0.05, 0.1) is 6.42 Å². The molecule has 2 rings (SSSR count). The molecule has 1 aromatic rings. The highest BCUT2D eigenvalue weighted by molar-refractivity contribution is 7.99.